The molecule has 9 heteroatoms. The van der Waals surface area contributed by atoms with Crippen molar-refractivity contribution in [1.29, 1.82) is 0 Å². The van der Waals surface area contributed by atoms with Crippen LogP contribution in [0.3, 0.4) is 0 Å². The van der Waals surface area contributed by atoms with Gasteiger partial charge in [-0.3, -0.25) is 4.79 Å². The van der Waals surface area contributed by atoms with E-state index in [9.17, 15) is 13.2 Å². The second kappa shape index (κ2) is 8.73. The third kappa shape index (κ3) is 5.35. The van der Waals surface area contributed by atoms with Crippen LogP contribution in [0.25, 0.3) is 0 Å². The van der Waals surface area contributed by atoms with Crippen molar-refractivity contribution in [1.82, 2.24) is 4.72 Å². The molecule has 6 nitrogen and oxygen atoms in total. The molecule has 0 aromatic heterocycles. The predicted molar refractivity (Wildman–Crippen MR) is 102 cm³/mol. The first kappa shape index (κ1) is 20.5. The molecule has 0 aliphatic heterocycles. The number of rotatable bonds is 7. The van der Waals surface area contributed by atoms with Crippen LogP contribution in [0.15, 0.2) is 47.4 Å². The lowest BCUT2D eigenvalue weighted by molar-refractivity contribution is -0.117. The molecule has 26 heavy (non-hydrogen) atoms. The van der Waals surface area contributed by atoms with Gasteiger partial charge in [-0.25, -0.2) is 8.42 Å². The topological polar surface area (TPSA) is 84.5 Å². The fourth-order valence-corrected chi connectivity index (χ4v) is 3.71. The van der Waals surface area contributed by atoms with Crippen LogP contribution in [0, 0.1) is 0 Å². The van der Waals surface area contributed by atoms with Crippen LogP contribution in [0.4, 0.5) is 5.69 Å². The largest absolute Gasteiger partial charge is 0.492 e. The highest BCUT2D eigenvalue weighted by Gasteiger charge is 2.23. The molecule has 2 N–H and O–H groups in total. The summed E-state index contributed by atoms with van der Waals surface area (Å²) in [7, 11) is -3.93. The first-order valence-corrected chi connectivity index (χ1v) is 9.98. The van der Waals surface area contributed by atoms with Crippen molar-refractivity contribution in [2.45, 2.75) is 24.8 Å². The smallest absolute Gasteiger partial charge is 0.242 e. The summed E-state index contributed by atoms with van der Waals surface area (Å²) in [5, 5.41) is 3.32. The number of hydrogen-bond donors (Lipinski definition) is 2. The quantitative estimate of drug-likeness (QED) is 0.720. The molecule has 0 unspecified atom stereocenters. The Bertz CT molecular complexity index is 886. The third-order valence-corrected chi connectivity index (χ3v) is 5.44. The molecular formula is C17H18Cl2N2O4S. The van der Waals surface area contributed by atoms with Crippen LogP contribution < -0.4 is 14.8 Å². The summed E-state index contributed by atoms with van der Waals surface area (Å²) in [6, 6.07) is 9.59. The number of sulfonamides is 1. The molecule has 0 aliphatic carbocycles. The van der Waals surface area contributed by atoms with Crippen molar-refractivity contribution >= 4 is 44.8 Å². The zero-order valence-electron chi connectivity index (χ0n) is 14.1. The minimum Gasteiger partial charge on any atom is -0.492 e. The fourth-order valence-electron chi connectivity index (χ4n) is 2.06. The molecule has 2 aromatic rings. The number of hydrogen-bond acceptors (Lipinski definition) is 4. The average Bonchev–Trinajstić information content (AvgIpc) is 2.58. The van der Waals surface area contributed by atoms with Gasteiger partial charge in [0.25, 0.3) is 0 Å². The van der Waals surface area contributed by atoms with Crippen molar-refractivity contribution in [2.24, 2.45) is 0 Å². The van der Waals surface area contributed by atoms with Crippen LogP contribution in [0.1, 0.15) is 13.8 Å². The van der Waals surface area contributed by atoms with E-state index in [0.717, 1.165) is 0 Å². The summed E-state index contributed by atoms with van der Waals surface area (Å²) < 4.78 is 32.5. The minimum absolute atomic E-state index is 0.0582. The van der Waals surface area contributed by atoms with E-state index in [2.05, 4.69) is 10.0 Å². The van der Waals surface area contributed by atoms with Crippen molar-refractivity contribution in [3.8, 4) is 5.75 Å². The van der Waals surface area contributed by atoms with E-state index >= 15 is 0 Å². The molecule has 0 saturated heterocycles. The highest BCUT2D eigenvalue weighted by Crippen LogP contribution is 2.27. The second-order valence-corrected chi connectivity index (χ2v) is 7.92. The first-order valence-electron chi connectivity index (χ1n) is 7.74. The molecule has 0 saturated carbocycles. The molecule has 0 radical (unpaired) electrons. The third-order valence-electron chi connectivity index (χ3n) is 3.35. The van der Waals surface area contributed by atoms with E-state index in [1.807, 2.05) is 0 Å². The van der Waals surface area contributed by atoms with Crippen LogP contribution in [0.2, 0.25) is 10.0 Å². The summed E-state index contributed by atoms with van der Waals surface area (Å²) in [5.74, 6) is -0.116. The summed E-state index contributed by atoms with van der Waals surface area (Å²) in [4.78, 5) is 12.1. The lowest BCUT2D eigenvalue weighted by atomic mass is 10.3. The van der Waals surface area contributed by atoms with Gasteiger partial charge in [-0.05, 0) is 56.3 Å². The molecule has 1 atom stereocenters. The highest BCUT2D eigenvalue weighted by molar-refractivity contribution is 7.89. The summed E-state index contributed by atoms with van der Waals surface area (Å²) in [6.45, 7) is 3.65. The second-order valence-electron chi connectivity index (χ2n) is 5.36. The highest BCUT2D eigenvalue weighted by atomic mass is 35.5. The van der Waals surface area contributed by atoms with Crippen LogP contribution in [-0.2, 0) is 14.8 Å². The number of carbonyl (C=O) groups is 1. The van der Waals surface area contributed by atoms with Gasteiger partial charge in [0.1, 0.15) is 5.75 Å². The van der Waals surface area contributed by atoms with Gasteiger partial charge in [0, 0.05) is 10.7 Å². The molecule has 140 valence electrons. The van der Waals surface area contributed by atoms with Gasteiger partial charge in [-0.1, -0.05) is 23.2 Å². The van der Waals surface area contributed by atoms with E-state index in [-0.39, 0.29) is 9.92 Å². The van der Waals surface area contributed by atoms with Crippen LogP contribution in [0.5, 0.6) is 5.75 Å². The van der Waals surface area contributed by atoms with Crippen molar-refractivity contribution < 1.29 is 17.9 Å². The number of carbonyl (C=O) groups excluding carboxylic acids is 1. The lowest BCUT2D eigenvalue weighted by Gasteiger charge is -2.15. The molecule has 0 fully saturated rings. The van der Waals surface area contributed by atoms with Crippen molar-refractivity contribution in [3.05, 3.63) is 52.5 Å². The van der Waals surface area contributed by atoms with Crippen LogP contribution >= 0.6 is 23.2 Å². The standard InChI is InChI=1S/C17H18Cl2N2O4S/c1-3-25-16-9-8-14(10-15(16)19)26(23,24)21-11(2)17(22)20-13-6-4-12(18)5-7-13/h4-11,21H,3H2,1-2H3,(H,20,22)/t11-/m0/s1. The summed E-state index contributed by atoms with van der Waals surface area (Å²) in [5.41, 5.74) is 0.509. The first-order chi connectivity index (χ1) is 12.2. The van der Waals surface area contributed by atoms with Gasteiger partial charge in [0.05, 0.1) is 22.6 Å². The van der Waals surface area contributed by atoms with Gasteiger partial charge in [-0.2, -0.15) is 4.72 Å². The Hall–Kier alpha value is -1.80. The van der Waals surface area contributed by atoms with Gasteiger partial charge in [-0.15, -0.1) is 0 Å². The molecule has 2 rings (SSSR count). The van der Waals surface area contributed by atoms with Gasteiger partial charge in [0.2, 0.25) is 15.9 Å². The lowest BCUT2D eigenvalue weighted by Crippen LogP contribution is -2.41. The molecule has 1 amide bonds. The Morgan fingerprint density at radius 1 is 1.15 bits per heavy atom. The average molecular weight is 417 g/mol. The monoisotopic (exact) mass is 416 g/mol. The summed E-state index contributed by atoms with van der Waals surface area (Å²) in [6.07, 6.45) is 0. The minimum atomic E-state index is -3.93. The molecule has 0 bridgehead atoms. The van der Waals surface area contributed by atoms with E-state index in [4.69, 9.17) is 27.9 Å². The van der Waals surface area contributed by atoms with E-state index in [0.29, 0.717) is 23.1 Å². The number of ether oxygens (including phenoxy) is 1. The van der Waals surface area contributed by atoms with Crippen molar-refractivity contribution in [2.75, 3.05) is 11.9 Å². The number of anilines is 1. The number of nitrogens with one attached hydrogen (secondary N) is 2. The Morgan fingerprint density at radius 2 is 1.81 bits per heavy atom. The number of halogens is 2. The van der Waals surface area contributed by atoms with Gasteiger partial charge >= 0.3 is 0 Å². The zero-order chi connectivity index (χ0) is 19.3. The predicted octanol–water partition coefficient (Wildman–Crippen LogP) is 3.70. The van der Waals surface area contributed by atoms with Gasteiger partial charge < -0.3 is 10.1 Å². The molecule has 0 spiro atoms. The summed E-state index contributed by atoms with van der Waals surface area (Å²) >= 11 is 11.8. The molecular weight excluding hydrogens is 399 g/mol. The van der Waals surface area contributed by atoms with E-state index < -0.39 is 22.0 Å². The zero-order valence-corrected chi connectivity index (χ0v) is 16.5. The Morgan fingerprint density at radius 3 is 2.38 bits per heavy atom. The normalized spacial score (nSPS) is 12.5. The molecule has 2 aromatic carbocycles. The Balaban J connectivity index is 2.08. The molecule has 0 aliphatic rings. The number of amides is 1. The van der Waals surface area contributed by atoms with Crippen LogP contribution in [-0.4, -0.2) is 27.0 Å². The van der Waals surface area contributed by atoms with Gasteiger partial charge in [0.15, 0.2) is 0 Å². The molecule has 0 heterocycles. The Labute approximate surface area is 162 Å². The fraction of sp³-hybridized carbons (Fsp3) is 0.235. The SMILES string of the molecule is CCOc1ccc(S(=O)(=O)N[C@@H](C)C(=O)Nc2ccc(Cl)cc2)cc1Cl. The maximum Gasteiger partial charge on any atom is 0.242 e. The number of benzene rings is 2. The maximum atomic E-state index is 12.5. The van der Waals surface area contributed by atoms with E-state index in [1.165, 1.54) is 25.1 Å². The van der Waals surface area contributed by atoms with Crippen molar-refractivity contribution in [3.63, 3.8) is 0 Å². The maximum absolute atomic E-state index is 12.5. The van der Waals surface area contributed by atoms with E-state index in [1.54, 1.807) is 31.2 Å². The Kier molecular flexibility index (Phi) is 6.88.